The molecule has 2 aromatic heterocycles. The second-order valence-electron chi connectivity index (χ2n) is 11.8. The summed E-state index contributed by atoms with van der Waals surface area (Å²) in [6.07, 6.45) is 9.70. The molecular weight excluding hydrogens is 472 g/mol. The van der Waals surface area contributed by atoms with Crippen LogP contribution in [0.15, 0.2) is 83.9 Å². The normalized spacial score (nSPS) is 27.5. The van der Waals surface area contributed by atoms with Crippen molar-refractivity contribution in [3.63, 3.8) is 0 Å². The standard InChI is InChI=1S/C32H32N4O2/c33-32-16-21-14-23(17-32)28(24(15-21)18-32)35-31(38)22-10-8-20(9-11-22)13-25-19-36(26-5-2-1-3-6-26)30-27(29(25)37)7-4-12-34-30/h1-12,19,21,23-24,28H,13-18,33H2,(H,35,38)/t21-,23-,24+,28-,32-. The molecule has 8 rings (SSSR count). The summed E-state index contributed by atoms with van der Waals surface area (Å²) in [4.78, 5) is 31.0. The van der Waals surface area contributed by atoms with E-state index in [2.05, 4.69) is 10.3 Å². The Morgan fingerprint density at radius 2 is 1.71 bits per heavy atom. The van der Waals surface area contributed by atoms with Gasteiger partial charge in [-0.25, -0.2) is 4.98 Å². The number of nitrogens with zero attached hydrogens (tertiary/aromatic N) is 2. The number of benzene rings is 2. The lowest BCUT2D eigenvalue weighted by molar-refractivity contribution is -0.0278. The van der Waals surface area contributed by atoms with Crippen molar-refractivity contribution in [1.29, 1.82) is 0 Å². The molecule has 4 fully saturated rings. The van der Waals surface area contributed by atoms with Crippen LogP contribution in [0.5, 0.6) is 0 Å². The SMILES string of the molecule is N[C@]12C[C@@H]3C[C@H](C1)[C@@H](NC(=O)c1ccc(Cc4cn(-c5ccccc5)c5ncccc5c4=O)cc1)[C@@H](C3)C2. The molecule has 38 heavy (non-hydrogen) atoms. The molecule has 0 spiro atoms. The number of amides is 1. The maximum absolute atomic E-state index is 13.3. The van der Waals surface area contributed by atoms with Crippen LogP contribution < -0.4 is 16.5 Å². The molecule has 5 atom stereocenters. The number of carbonyl (C=O) groups excluding carboxylic acids is 1. The average molecular weight is 505 g/mol. The van der Waals surface area contributed by atoms with Gasteiger partial charge < -0.3 is 15.6 Å². The Morgan fingerprint density at radius 3 is 2.42 bits per heavy atom. The molecule has 0 saturated heterocycles. The highest BCUT2D eigenvalue weighted by molar-refractivity contribution is 5.94. The fourth-order valence-electron chi connectivity index (χ4n) is 7.68. The van der Waals surface area contributed by atoms with E-state index in [0.29, 0.717) is 40.4 Å². The lowest BCUT2D eigenvalue weighted by atomic mass is 9.51. The molecule has 2 aromatic carbocycles. The average Bonchev–Trinajstić information content (AvgIpc) is 2.92. The largest absolute Gasteiger partial charge is 0.349 e. The summed E-state index contributed by atoms with van der Waals surface area (Å²) in [7, 11) is 0. The number of hydrogen-bond donors (Lipinski definition) is 2. The number of aromatic nitrogens is 2. The van der Waals surface area contributed by atoms with E-state index in [4.69, 9.17) is 5.73 Å². The third-order valence-electron chi connectivity index (χ3n) is 9.10. The van der Waals surface area contributed by atoms with E-state index in [1.165, 1.54) is 12.8 Å². The van der Waals surface area contributed by atoms with E-state index in [-0.39, 0.29) is 22.9 Å². The van der Waals surface area contributed by atoms with Gasteiger partial charge in [0.25, 0.3) is 5.91 Å². The quantitative estimate of drug-likeness (QED) is 0.415. The smallest absolute Gasteiger partial charge is 0.251 e. The van der Waals surface area contributed by atoms with Crippen LogP contribution in [0.25, 0.3) is 16.7 Å². The van der Waals surface area contributed by atoms with Gasteiger partial charge in [0, 0.05) is 47.2 Å². The Labute approximate surface area is 221 Å². The van der Waals surface area contributed by atoms with Crippen molar-refractivity contribution >= 4 is 16.9 Å². The van der Waals surface area contributed by atoms with Crippen molar-refractivity contribution in [2.45, 2.75) is 50.1 Å². The summed E-state index contributed by atoms with van der Waals surface area (Å²) in [6, 6.07) is 21.5. The first-order valence-corrected chi connectivity index (χ1v) is 13.7. The van der Waals surface area contributed by atoms with Crippen LogP contribution in [0, 0.1) is 17.8 Å². The number of hydrogen-bond acceptors (Lipinski definition) is 4. The molecule has 4 aliphatic rings. The Morgan fingerprint density at radius 1 is 0.974 bits per heavy atom. The lowest BCUT2D eigenvalue weighted by Crippen LogP contribution is -2.64. The zero-order valence-electron chi connectivity index (χ0n) is 21.3. The summed E-state index contributed by atoms with van der Waals surface area (Å²) in [6.45, 7) is 0. The lowest BCUT2D eigenvalue weighted by Gasteiger charge is -2.58. The maximum Gasteiger partial charge on any atom is 0.251 e. The molecule has 3 N–H and O–H groups in total. The van der Waals surface area contributed by atoms with E-state index >= 15 is 0 Å². The summed E-state index contributed by atoms with van der Waals surface area (Å²) in [5.74, 6) is 1.73. The molecule has 0 radical (unpaired) electrons. The molecule has 6 nitrogen and oxygen atoms in total. The molecule has 4 aliphatic carbocycles. The fourth-order valence-corrected chi connectivity index (χ4v) is 7.68. The summed E-state index contributed by atoms with van der Waals surface area (Å²) >= 11 is 0. The number of pyridine rings is 2. The van der Waals surface area contributed by atoms with E-state index in [9.17, 15) is 9.59 Å². The fraction of sp³-hybridized carbons (Fsp3) is 0.344. The van der Waals surface area contributed by atoms with Crippen molar-refractivity contribution < 1.29 is 4.79 Å². The summed E-state index contributed by atoms with van der Waals surface area (Å²) < 4.78 is 1.98. The van der Waals surface area contributed by atoms with Gasteiger partial charge in [0.15, 0.2) is 5.43 Å². The van der Waals surface area contributed by atoms with Gasteiger partial charge in [-0.1, -0.05) is 30.3 Å². The Balaban J connectivity index is 1.12. The Hall–Kier alpha value is -3.77. The van der Waals surface area contributed by atoms with Crippen LogP contribution in [-0.2, 0) is 6.42 Å². The molecule has 0 aliphatic heterocycles. The number of rotatable bonds is 5. The van der Waals surface area contributed by atoms with Gasteiger partial charge in [0.1, 0.15) is 5.65 Å². The van der Waals surface area contributed by atoms with Crippen LogP contribution in [-0.4, -0.2) is 27.0 Å². The predicted molar refractivity (Wildman–Crippen MR) is 148 cm³/mol. The molecular formula is C32H32N4O2. The first kappa shape index (κ1) is 23.4. The van der Waals surface area contributed by atoms with Crippen molar-refractivity contribution in [2.24, 2.45) is 23.5 Å². The van der Waals surface area contributed by atoms with Gasteiger partial charge in [0.2, 0.25) is 0 Å². The molecule has 4 bridgehead atoms. The van der Waals surface area contributed by atoms with Crippen molar-refractivity contribution in [2.75, 3.05) is 0 Å². The Kier molecular flexibility index (Phi) is 5.48. The minimum absolute atomic E-state index is 0.00270. The highest BCUT2D eigenvalue weighted by Crippen LogP contribution is 2.54. The second kappa shape index (κ2) is 8.91. The first-order chi connectivity index (χ1) is 18.5. The molecule has 2 heterocycles. The molecule has 192 valence electrons. The molecule has 0 unspecified atom stereocenters. The second-order valence-corrected chi connectivity index (χ2v) is 11.8. The Bertz CT molecular complexity index is 1560. The molecule has 6 heteroatoms. The number of carbonyl (C=O) groups is 1. The zero-order chi connectivity index (χ0) is 25.9. The van der Waals surface area contributed by atoms with Gasteiger partial charge >= 0.3 is 0 Å². The van der Waals surface area contributed by atoms with Crippen LogP contribution >= 0.6 is 0 Å². The molecule has 4 saturated carbocycles. The van der Waals surface area contributed by atoms with E-state index in [1.54, 1.807) is 12.3 Å². The van der Waals surface area contributed by atoms with Gasteiger partial charge in [-0.05, 0) is 91.8 Å². The minimum Gasteiger partial charge on any atom is -0.349 e. The number of fused-ring (bicyclic) bond motifs is 1. The number of para-hydroxylation sites is 1. The van der Waals surface area contributed by atoms with E-state index in [1.807, 2.05) is 71.4 Å². The topological polar surface area (TPSA) is 90.0 Å². The first-order valence-electron chi connectivity index (χ1n) is 13.7. The zero-order valence-corrected chi connectivity index (χ0v) is 21.3. The number of nitrogens with two attached hydrogens (primary N) is 1. The van der Waals surface area contributed by atoms with Crippen molar-refractivity contribution in [1.82, 2.24) is 14.9 Å². The predicted octanol–water partition coefficient (Wildman–Crippen LogP) is 4.61. The van der Waals surface area contributed by atoms with E-state index < -0.39 is 0 Å². The monoisotopic (exact) mass is 504 g/mol. The van der Waals surface area contributed by atoms with Gasteiger partial charge in [-0.15, -0.1) is 0 Å². The highest BCUT2D eigenvalue weighted by Gasteiger charge is 2.54. The van der Waals surface area contributed by atoms with Gasteiger partial charge in [-0.2, -0.15) is 0 Å². The van der Waals surface area contributed by atoms with E-state index in [0.717, 1.165) is 36.4 Å². The third kappa shape index (κ3) is 4.04. The summed E-state index contributed by atoms with van der Waals surface area (Å²) in [5.41, 5.74) is 10.6. The highest BCUT2D eigenvalue weighted by atomic mass is 16.1. The maximum atomic E-state index is 13.3. The van der Waals surface area contributed by atoms with Crippen molar-refractivity contribution in [3.05, 3.63) is 106 Å². The van der Waals surface area contributed by atoms with Gasteiger partial charge in [-0.3, -0.25) is 9.59 Å². The van der Waals surface area contributed by atoms with Crippen LogP contribution in [0.3, 0.4) is 0 Å². The van der Waals surface area contributed by atoms with Crippen LogP contribution in [0.4, 0.5) is 0 Å². The summed E-state index contributed by atoms with van der Waals surface area (Å²) in [5, 5.41) is 3.96. The van der Waals surface area contributed by atoms with Crippen LogP contribution in [0.2, 0.25) is 0 Å². The van der Waals surface area contributed by atoms with Crippen molar-refractivity contribution in [3.8, 4) is 5.69 Å². The third-order valence-corrected chi connectivity index (χ3v) is 9.10. The van der Waals surface area contributed by atoms with Gasteiger partial charge in [0.05, 0.1) is 5.39 Å². The molecule has 4 aromatic rings. The molecule has 1 amide bonds. The number of nitrogens with one attached hydrogen (secondary N) is 1. The van der Waals surface area contributed by atoms with Crippen LogP contribution in [0.1, 0.15) is 53.6 Å². The minimum atomic E-state index is -0.0123.